The van der Waals surface area contributed by atoms with E-state index in [1.54, 1.807) is 10.9 Å². The number of aromatic nitrogens is 7. The van der Waals surface area contributed by atoms with Gasteiger partial charge in [0.1, 0.15) is 17.5 Å². The highest BCUT2D eigenvalue weighted by Crippen LogP contribution is 2.30. The molecule has 1 N–H and O–H groups in total. The highest BCUT2D eigenvalue weighted by atomic mass is 28.3. The Balaban J connectivity index is 1.49. The Morgan fingerprint density at radius 2 is 1.84 bits per heavy atom. The second-order valence-electron chi connectivity index (χ2n) is 10.4. The lowest BCUT2D eigenvalue weighted by molar-refractivity contribution is 0.0199. The average Bonchev–Trinajstić information content (AvgIpc) is 3.36. The van der Waals surface area contributed by atoms with E-state index in [-0.39, 0.29) is 6.79 Å². The van der Waals surface area contributed by atoms with Crippen molar-refractivity contribution in [2.45, 2.75) is 39.5 Å². The summed E-state index contributed by atoms with van der Waals surface area (Å²) in [5.41, 5.74) is 3.48. The zero-order valence-corrected chi connectivity index (χ0v) is 23.1. The van der Waals surface area contributed by atoms with Gasteiger partial charge in [-0.1, -0.05) is 19.6 Å². The lowest BCUT2D eigenvalue weighted by Crippen LogP contribution is -2.22. The number of nitrogens with one attached hydrogen (secondary N) is 1. The average molecular weight is 517 g/mol. The number of aryl methyl sites for hydroxylation is 3. The predicted molar refractivity (Wildman–Crippen MR) is 148 cm³/mol. The molecule has 4 heterocycles. The SMILES string of the molecule is Cc1cc(Nc2cc3c(cn2)c(OCOCC[Si](C)(C)C)nn3-c2ccc3cn(C)nc3c2)nc(C)n1. The molecule has 192 valence electrons. The molecule has 0 saturated heterocycles. The maximum absolute atomic E-state index is 5.98. The number of pyridine rings is 1. The number of anilines is 2. The van der Waals surface area contributed by atoms with Gasteiger partial charge < -0.3 is 14.8 Å². The van der Waals surface area contributed by atoms with Crippen LogP contribution in [-0.4, -0.2) is 56.0 Å². The third kappa shape index (κ3) is 5.78. The van der Waals surface area contributed by atoms with Gasteiger partial charge in [0.05, 0.1) is 22.1 Å². The van der Waals surface area contributed by atoms with Crippen LogP contribution in [0.1, 0.15) is 11.5 Å². The molecule has 0 aliphatic carbocycles. The molecule has 10 nitrogen and oxygen atoms in total. The van der Waals surface area contributed by atoms with Gasteiger partial charge in [0.25, 0.3) is 0 Å². The van der Waals surface area contributed by atoms with E-state index in [1.807, 2.05) is 62.1 Å². The van der Waals surface area contributed by atoms with Gasteiger partial charge in [-0.25, -0.2) is 19.6 Å². The van der Waals surface area contributed by atoms with E-state index in [0.29, 0.717) is 29.9 Å². The van der Waals surface area contributed by atoms with E-state index in [4.69, 9.17) is 14.6 Å². The first kappa shape index (κ1) is 24.8. The largest absolute Gasteiger partial charge is 0.449 e. The first-order valence-corrected chi connectivity index (χ1v) is 16.0. The van der Waals surface area contributed by atoms with Gasteiger partial charge in [0, 0.05) is 57.3 Å². The van der Waals surface area contributed by atoms with Crippen molar-refractivity contribution in [2.24, 2.45) is 7.05 Å². The predicted octanol–water partition coefficient (Wildman–Crippen LogP) is 5.15. The maximum Gasteiger partial charge on any atom is 0.244 e. The Labute approximate surface area is 216 Å². The summed E-state index contributed by atoms with van der Waals surface area (Å²) in [5, 5.41) is 14.5. The summed E-state index contributed by atoms with van der Waals surface area (Å²) in [6, 6.07) is 11.0. The molecule has 5 aromatic rings. The molecule has 0 aliphatic heterocycles. The van der Waals surface area contributed by atoms with E-state index >= 15 is 0 Å². The standard InChI is InChI=1S/C26H32N8O2Si/c1-17-11-25(29-18(2)28-17)30-24-13-23-21(14-27-24)26(36-16-35-9-10-37(4,5)6)32-34(23)20-8-7-19-15-33(3)31-22(19)12-20/h7-8,11-15H,9-10,16H2,1-6H3,(H,27,28,29,30). The summed E-state index contributed by atoms with van der Waals surface area (Å²) < 4.78 is 15.4. The zero-order valence-electron chi connectivity index (χ0n) is 22.1. The number of benzene rings is 1. The number of hydrogen-bond acceptors (Lipinski definition) is 8. The van der Waals surface area contributed by atoms with Crippen LogP contribution in [0.5, 0.6) is 5.88 Å². The molecule has 37 heavy (non-hydrogen) atoms. The van der Waals surface area contributed by atoms with Crippen LogP contribution >= 0.6 is 0 Å². The zero-order chi connectivity index (χ0) is 26.2. The maximum atomic E-state index is 5.98. The van der Waals surface area contributed by atoms with Crippen molar-refractivity contribution in [2.75, 3.05) is 18.7 Å². The molecule has 0 atom stereocenters. The molecular weight excluding hydrogens is 484 g/mol. The Morgan fingerprint density at radius 1 is 1.00 bits per heavy atom. The molecule has 1 aromatic carbocycles. The lowest BCUT2D eigenvalue weighted by atomic mass is 10.2. The highest BCUT2D eigenvalue weighted by molar-refractivity contribution is 6.76. The molecule has 0 aliphatic rings. The van der Waals surface area contributed by atoms with E-state index in [2.05, 4.69) is 45.0 Å². The highest BCUT2D eigenvalue weighted by Gasteiger charge is 2.17. The first-order chi connectivity index (χ1) is 17.6. The molecule has 0 amide bonds. The molecule has 0 spiro atoms. The van der Waals surface area contributed by atoms with Gasteiger partial charge in [-0.3, -0.25) is 4.68 Å². The lowest BCUT2D eigenvalue weighted by Gasteiger charge is -2.15. The fourth-order valence-corrected chi connectivity index (χ4v) is 4.82. The van der Waals surface area contributed by atoms with Crippen LogP contribution in [0.2, 0.25) is 25.7 Å². The fourth-order valence-electron chi connectivity index (χ4n) is 4.06. The summed E-state index contributed by atoms with van der Waals surface area (Å²) in [5.74, 6) is 2.49. The van der Waals surface area contributed by atoms with Crippen molar-refractivity contribution in [3.05, 3.63) is 54.2 Å². The molecule has 4 aromatic heterocycles. The fraction of sp³-hybridized carbons (Fsp3) is 0.346. The molecule has 11 heteroatoms. The number of hydrogen-bond donors (Lipinski definition) is 1. The van der Waals surface area contributed by atoms with Crippen LogP contribution < -0.4 is 10.1 Å². The monoisotopic (exact) mass is 516 g/mol. The van der Waals surface area contributed by atoms with E-state index < -0.39 is 8.07 Å². The molecule has 5 rings (SSSR count). The summed E-state index contributed by atoms with van der Waals surface area (Å²) in [7, 11) is 0.743. The molecule has 0 saturated carbocycles. The van der Waals surface area contributed by atoms with Crippen molar-refractivity contribution in [3.8, 4) is 11.6 Å². The van der Waals surface area contributed by atoms with Crippen LogP contribution in [-0.2, 0) is 11.8 Å². The van der Waals surface area contributed by atoms with Crippen LogP contribution in [0.4, 0.5) is 11.6 Å². The van der Waals surface area contributed by atoms with Gasteiger partial charge in [-0.15, -0.1) is 5.10 Å². The summed E-state index contributed by atoms with van der Waals surface area (Å²) in [4.78, 5) is 13.4. The van der Waals surface area contributed by atoms with Crippen molar-refractivity contribution in [1.29, 1.82) is 0 Å². The number of nitrogens with zero attached hydrogens (tertiary/aromatic N) is 7. The minimum absolute atomic E-state index is 0.134. The molecular formula is C26H32N8O2Si. The van der Waals surface area contributed by atoms with Crippen LogP contribution in [0, 0.1) is 13.8 Å². The number of fused-ring (bicyclic) bond motifs is 2. The quantitative estimate of drug-likeness (QED) is 0.163. The van der Waals surface area contributed by atoms with Crippen LogP contribution in [0.3, 0.4) is 0 Å². The Bertz CT molecular complexity index is 1550. The Hall–Kier alpha value is -3.83. The second-order valence-corrected chi connectivity index (χ2v) is 16.0. The van der Waals surface area contributed by atoms with Crippen molar-refractivity contribution in [3.63, 3.8) is 0 Å². The van der Waals surface area contributed by atoms with Crippen molar-refractivity contribution >= 4 is 41.5 Å². The van der Waals surface area contributed by atoms with Crippen molar-refractivity contribution < 1.29 is 9.47 Å². The van der Waals surface area contributed by atoms with E-state index in [9.17, 15) is 0 Å². The topological polar surface area (TPSA) is 105 Å². The molecule has 0 unspecified atom stereocenters. The van der Waals surface area contributed by atoms with Gasteiger partial charge in [0.15, 0.2) is 6.79 Å². The van der Waals surface area contributed by atoms with Crippen molar-refractivity contribution in [1.82, 2.24) is 34.5 Å². The Kier molecular flexibility index (Phi) is 6.65. The summed E-state index contributed by atoms with van der Waals surface area (Å²) in [6.45, 7) is 11.6. The summed E-state index contributed by atoms with van der Waals surface area (Å²) in [6.07, 6.45) is 3.75. The van der Waals surface area contributed by atoms with E-state index in [1.165, 1.54) is 0 Å². The molecule has 0 radical (unpaired) electrons. The number of rotatable bonds is 9. The first-order valence-electron chi connectivity index (χ1n) is 12.3. The minimum Gasteiger partial charge on any atom is -0.449 e. The molecule has 0 bridgehead atoms. The minimum atomic E-state index is -1.17. The third-order valence-electron chi connectivity index (χ3n) is 5.88. The third-order valence-corrected chi connectivity index (χ3v) is 7.58. The Morgan fingerprint density at radius 3 is 2.62 bits per heavy atom. The second kappa shape index (κ2) is 9.90. The molecule has 0 fully saturated rings. The smallest absolute Gasteiger partial charge is 0.244 e. The van der Waals surface area contributed by atoms with E-state index in [0.717, 1.165) is 39.2 Å². The van der Waals surface area contributed by atoms with Crippen LogP contribution in [0.25, 0.3) is 27.5 Å². The summed E-state index contributed by atoms with van der Waals surface area (Å²) >= 11 is 0. The van der Waals surface area contributed by atoms with Gasteiger partial charge in [-0.05, 0) is 38.1 Å². The van der Waals surface area contributed by atoms with Gasteiger partial charge in [0.2, 0.25) is 5.88 Å². The van der Waals surface area contributed by atoms with Crippen LogP contribution in [0.15, 0.2) is 42.7 Å². The van der Waals surface area contributed by atoms with Gasteiger partial charge in [-0.2, -0.15) is 5.10 Å². The van der Waals surface area contributed by atoms with Gasteiger partial charge >= 0.3 is 0 Å². The number of ether oxygens (including phenoxy) is 2. The normalized spacial score (nSPS) is 11.9.